The van der Waals surface area contributed by atoms with Gasteiger partial charge >= 0.3 is 5.97 Å². The van der Waals surface area contributed by atoms with Crippen LogP contribution in [0.15, 0.2) is 30.4 Å². The second kappa shape index (κ2) is 4.21. The van der Waals surface area contributed by atoms with Crippen molar-refractivity contribution in [1.82, 2.24) is 0 Å². The first kappa shape index (κ1) is 12.2. The van der Waals surface area contributed by atoms with Crippen molar-refractivity contribution in [2.45, 2.75) is 38.5 Å². The lowest BCUT2D eigenvalue weighted by Crippen LogP contribution is -2.31. The number of allylic oxidation sites excluding steroid dienone is 1. The zero-order valence-electron chi connectivity index (χ0n) is 11.8. The van der Waals surface area contributed by atoms with Crippen LogP contribution in [0.2, 0.25) is 0 Å². The average molecular weight is 268 g/mol. The van der Waals surface area contributed by atoms with E-state index in [1.165, 1.54) is 41.5 Å². The third kappa shape index (κ3) is 1.67. The number of fused-ring (bicyclic) bond motifs is 2. The monoisotopic (exact) mass is 268 g/mol. The molecule has 2 fully saturated rings. The molecule has 20 heavy (non-hydrogen) atoms. The van der Waals surface area contributed by atoms with Crippen LogP contribution in [0.3, 0.4) is 0 Å². The van der Waals surface area contributed by atoms with Gasteiger partial charge in [0.2, 0.25) is 0 Å². The Balaban J connectivity index is 1.67. The summed E-state index contributed by atoms with van der Waals surface area (Å²) in [4.78, 5) is 12.3. The van der Waals surface area contributed by atoms with Gasteiger partial charge in [-0.3, -0.25) is 4.79 Å². The summed E-state index contributed by atoms with van der Waals surface area (Å²) in [5.41, 5.74) is 5.17. The summed E-state index contributed by atoms with van der Waals surface area (Å²) in [6, 6.07) is 6.79. The highest BCUT2D eigenvalue weighted by Crippen LogP contribution is 2.52. The second-order valence-electron chi connectivity index (χ2n) is 6.72. The minimum atomic E-state index is -0.316. The molecule has 4 rings (SSSR count). The molecule has 104 valence electrons. The van der Waals surface area contributed by atoms with Crippen molar-refractivity contribution >= 4 is 5.97 Å². The molecule has 0 N–H and O–H groups in total. The summed E-state index contributed by atoms with van der Waals surface area (Å²) >= 11 is 0. The maximum Gasteiger partial charge on any atom is 0.313 e. The number of benzene rings is 1. The molecular weight excluding hydrogens is 248 g/mol. The van der Waals surface area contributed by atoms with E-state index in [0.717, 1.165) is 19.3 Å². The minimum absolute atomic E-state index is 0.00153. The van der Waals surface area contributed by atoms with Gasteiger partial charge in [0.25, 0.3) is 0 Å². The van der Waals surface area contributed by atoms with E-state index in [9.17, 15) is 4.79 Å². The fourth-order valence-corrected chi connectivity index (χ4v) is 4.36. The Morgan fingerprint density at radius 2 is 2.15 bits per heavy atom. The van der Waals surface area contributed by atoms with Gasteiger partial charge in [0.1, 0.15) is 0 Å². The molecule has 0 radical (unpaired) electrons. The number of hydrogen-bond acceptors (Lipinski definition) is 2. The van der Waals surface area contributed by atoms with Crippen molar-refractivity contribution in [1.29, 1.82) is 0 Å². The topological polar surface area (TPSA) is 26.3 Å². The van der Waals surface area contributed by atoms with Gasteiger partial charge in [-0.25, -0.2) is 0 Å². The van der Waals surface area contributed by atoms with Gasteiger partial charge in [0.05, 0.1) is 12.0 Å². The first-order valence-electron chi connectivity index (χ1n) is 7.62. The van der Waals surface area contributed by atoms with Crippen LogP contribution in [0.25, 0.3) is 0 Å². The molecule has 0 unspecified atom stereocenters. The molecule has 1 saturated carbocycles. The van der Waals surface area contributed by atoms with E-state index >= 15 is 0 Å². The number of aryl methyl sites for hydroxylation is 2. The molecule has 1 aliphatic heterocycles. The van der Waals surface area contributed by atoms with Crippen LogP contribution < -0.4 is 0 Å². The Morgan fingerprint density at radius 1 is 1.30 bits per heavy atom. The molecular formula is C18H20O2. The molecule has 1 aromatic rings. The predicted octanol–water partition coefficient (Wildman–Crippen LogP) is 3.23. The maximum absolute atomic E-state index is 12.3. The highest BCUT2D eigenvalue weighted by atomic mass is 16.5. The van der Waals surface area contributed by atoms with Gasteiger partial charge in [-0.2, -0.15) is 0 Å². The Hall–Kier alpha value is -1.57. The minimum Gasteiger partial charge on any atom is -0.465 e. The molecule has 1 saturated heterocycles. The van der Waals surface area contributed by atoms with E-state index in [4.69, 9.17) is 4.74 Å². The van der Waals surface area contributed by atoms with Gasteiger partial charge < -0.3 is 4.74 Å². The van der Waals surface area contributed by atoms with Crippen LogP contribution in [0.1, 0.15) is 36.0 Å². The number of hydrogen-bond donors (Lipinski definition) is 0. The van der Waals surface area contributed by atoms with Crippen molar-refractivity contribution in [2.75, 3.05) is 6.61 Å². The van der Waals surface area contributed by atoms with Crippen LogP contribution in [-0.4, -0.2) is 12.6 Å². The summed E-state index contributed by atoms with van der Waals surface area (Å²) in [6.45, 7) is 4.69. The van der Waals surface area contributed by atoms with Crippen molar-refractivity contribution in [3.63, 3.8) is 0 Å². The molecule has 0 bridgehead atoms. The van der Waals surface area contributed by atoms with Crippen molar-refractivity contribution in [2.24, 2.45) is 11.3 Å². The number of ether oxygens (including phenoxy) is 1. The maximum atomic E-state index is 12.3. The van der Waals surface area contributed by atoms with Crippen molar-refractivity contribution in [3.8, 4) is 0 Å². The summed E-state index contributed by atoms with van der Waals surface area (Å²) in [6.07, 6.45) is 6.26. The van der Waals surface area contributed by atoms with E-state index in [1.807, 2.05) is 0 Å². The van der Waals surface area contributed by atoms with E-state index in [-0.39, 0.29) is 11.4 Å². The van der Waals surface area contributed by atoms with Gasteiger partial charge in [0, 0.05) is 5.92 Å². The molecule has 0 spiro atoms. The van der Waals surface area contributed by atoms with Crippen LogP contribution >= 0.6 is 0 Å². The standard InChI is InChI=1S/C18H20O2/c1-12-7-16-11-20-17(19)18(16,9-12)10-13-5-6-14-3-2-4-15(14)8-13/h5-6,8,16H,1-4,7,9-11H2/t16-,18+/m1/s1. The second-order valence-corrected chi connectivity index (χ2v) is 6.72. The van der Waals surface area contributed by atoms with Crippen molar-refractivity contribution in [3.05, 3.63) is 47.0 Å². The smallest absolute Gasteiger partial charge is 0.313 e. The lowest BCUT2D eigenvalue weighted by atomic mass is 9.75. The molecule has 2 aliphatic carbocycles. The third-order valence-corrected chi connectivity index (χ3v) is 5.39. The van der Waals surface area contributed by atoms with E-state index in [0.29, 0.717) is 12.5 Å². The van der Waals surface area contributed by atoms with Crippen LogP contribution in [-0.2, 0) is 28.8 Å². The van der Waals surface area contributed by atoms with Crippen molar-refractivity contribution < 1.29 is 9.53 Å². The molecule has 2 atom stereocenters. The van der Waals surface area contributed by atoms with Gasteiger partial charge in [-0.1, -0.05) is 30.4 Å². The molecule has 2 heteroatoms. The summed E-state index contributed by atoms with van der Waals surface area (Å²) in [7, 11) is 0. The van der Waals surface area contributed by atoms with Crippen LogP contribution in [0.4, 0.5) is 0 Å². The Kier molecular flexibility index (Phi) is 2.57. The quantitative estimate of drug-likeness (QED) is 0.608. The lowest BCUT2D eigenvalue weighted by molar-refractivity contribution is -0.146. The van der Waals surface area contributed by atoms with E-state index < -0.39 is 0 Å². The predicted molar refractivity (Wildman–Crippen MR) is 77.4 cm³/mol. The van der Waals surface area contributed by atoms with Gasteiger partial charge in [0.15, 0.2) is 0 Å². The molecule has 3 aliphatic rings. The summed E-state index contributed by atoms with van der Waals surface area (Å²) in [5.74, 6) is 0.345. The van der Waals surface area contributed by atoms with Gasteiger partial charge in [-0.05, 0) is 55.2 Å². The average Bonchev–Trinajstić information content (AvgIpc) is 3.06. The third-order valence-electron chi connectivity index (χ3n) is 5.39. The normalized spacial score (nSPS) is 31.3. The number of rotatable bonds is 2. The zero-order valence-corrected chi connectivity index (χ0v) is 11.8. The first-order valence-corrected chi connectivity index (χ1v) is 7.62. The highest BCUT2D eigenvalue weighted by molar-refractivity contribution is 5.81. The molecule has 0 amide bonds. The first-order chi connectivity index (χ1) is 9.67. The SMILES string of the molecule is C=C1C[C@@H]2COC(=O)[C@]2(Cc2ccc3c(c2)CCC3)C1. The van der Waals surface area contributed by atoms with Crippen LogP contribution in [0.5, 0.6) is 0 Å². The fraction of sp³-hybridized carbons (Fsp3) is 0.500. The number of carbonyl (C=O) groups is 1. The van der Waals surface area contributed by atoms with Gasteiger partial charge in [-0.15, -0.1) is 0 Å². The summed E-state index contributed by atoms with van der Waals surface area (Å²) in [5, 5.41) is 0. The summed E-state index contributed by atoms with van der Waals surface area (Å²) < 4.78 is 5.36. The highest BCUT2D eigenvalue weighted by Gasteiger charge is 2.55. The number of carbonyl (C=O) groups excluding carboxylic acids is 1. The largest absolute Gasteiger partial charge is 0.465 e. The number of esters is 1. The Labute approximate surface area is 119 Å². The van der Waals surface area contributed by atoms with E-state index in [1.54, 1.807) is 0 Å². The molecule has 1 aromatic carbocycles. The zero-order chi connectivity index (χ0) is 13.7. The molecule has 0 aromatic heterocycles. The Morgan fingerprint density at radius 3 is 3.05 bits per heavy atom. The van der Waals surface area contributed by atoms with E-state index in [2.05, 4.69) is 24.8 Å². The number of cyclic esters (lactones) is 1. The van der Waals surface area contributed by atoms with Crippen LogP contribution in [0, 0.1) is 11.3 Å². The Bertz CT molecular complexity index is 601. The molecule has 2 nitrogen and oxygen atoms in total. The molecule has 1 heterocycles. The lowest BCUT2D eigenvalue weighted by Gasteiger charge is -2.24. The fourth-order valence-electron chi connectivity index (χ4n) is 4.36.